The molecule has 0 amide bonds. The number of aromatic nitrogens is 3. The fraction of sp³-hybridized carbons (Fsp3) is 0. The Kier molecular flexibility index (Phi) is 3.26. The lowest BCUT2D eigenvalue weighted by Crippen LogP contribution is -2.21. The molecule has 0 aliphatic carbocycles. The topological polar surface area (TPSA) is 29.7 Å². The number of hydrogen-bond donors (Lipinski definition) is 0. The Balaban J connectivity index is 2.61. The maximum absolute atomic E-state index is 4.16. The standard InChI is InChI=1S/C9H6I2N3/c10-9-7(5-12-6-13-9)8-3-1-2-4-14(8)11/h1-6H/q+1. The molecule has 0 unspecified atom stereocenters. The summed E-state index contributed by atoms with van der Waals surface area (Å²) in [5, 5.41) is 0. The number of halogens is 2. The summed E-state index contributed by atoms with van der Waals surface area (Å²) in [4.78, 5) is 8.19. The van der Waals surface area contributed by atoms with Gasteiger partial charge in [0, 0.05) is 18.3 Å². The van der Waals surface area contributed by atoms with Gasteiger partial charge >= 0.3 is 22.9 Å². The largest absolute Gasteiger partial charge is 0.354 e. The molecule has 0 atom stereocenters. The van der Waals surface area contributed by atoms with Gasteiger partial charge in [0.15, 0.2) is 6.20 Å². The summed E-state index contributed by atoms with van der Waals surface area (Å²) in [7, 11) is 0. The van der Waals surface area contributed by atoms with E-state index in [0.717, 1.165) is 15.0 Å². The summed E-state index contributed by atoms with van der Waals surface area (Å²) in [5.41, 5.74) is 2.17. The van der Waals surface area contributed by atoms with Crippen LogP contribution < -0.4 is 2.78 Å². The third kappa shape index (κ3) is 2.02. The van der Waals surface area contributed by atoms with Gasteiger partial charge in [-0.05, 0) is 28.7 Å². The van der Waals surface area contributed by atoms with Crippen molar-refractivity contribution < 1.29 is 2.78 Å². The van der Waals surface area contributed by atoms with Crippen LogP contribution in [0.25, 0.3) is 11.3 Å². The lowest BCUT2D eigenvalue weighted by Gasteiger charge is -1.98. The first-order chi connectivity index (χ1) is 6.79. The molecule has 2 heterocycles. The summed E-state index contributed by atoms with van der Waals surface area (Å²) >= 11 is 4.45. The molecule has 0 fully saturated rings. The molecule has 0 saturated heterocycles. The molecular formula is C9H6I2N3+. The molecule has 70 valence electrons. The molecule has 2 aromatic rings. The van der Waals surface area contributed by atoms with E-state index >= 15 is 0 Å². The molecule has 2 rings (SSSR count). The smallest absolute Gasteiger partial charge is 0.244 e. The second kappa shape index (κ2) is 4.47. The minimum Gasteiger partial charge on any atom is -0.244 e. The maximum Gasteiger partial charge on any atom is 0.354 e. The summed E-state index contributed by atoms with van der Waals surface area (Å²) < 4.78 is 2.99. The Hall–Kier alpha value is -0.310. The monoisotopic (exact) mass is 410 g/mol. The average molecular weight is 410 g/mol. The van der Waals surface area contributed by atoms with Crippen LogP contribution in [-0.4, -0.2) is 9.97 Å². The fourth-order valence-electron chi connectivity index (χ4n) is 1.11. The predicted octanol–water partition coefficient (Wildman–Crippen LogP) is 2.23. The van der Waals surface area contributed by atoms with Crippen molar-refractivity contribution in [2.75, 3.05) is 0 Å². The van der Waals surface area contributed by atoms with Crippen LogP contribution in [0.4, 0.5) is 0 Å². The van der Waals surface area contributed by atoms with E-state index in [-0.39, 0.29) is 0 Å². The van der Waals surface area contributed by atoms with Crippen molar-refractivity contribution in [3.05, 3.63) is 40.6 Å². The second-order valence-electron chi connectivity index (χ2n) is 2.62. The first-order valence-corrected chi connectivity index (χ1v) is 5.96. The van der Waals surface area contributed by atoms with Gasteiger partial charge in [0.25, 0.3) is 0 Å². The van der Waals surface area contributed by atoms with Gasteiger partial charge in [0.05, 0.1) is 5.56 Å². The van der Waals surface area contributed by atoms with Crippen molar-refractivity contribution in [3.8, 4) is 11.3 Å². The van der Waals surface area contributed by atoms with Gasteiger partial charge in [-0.3, -0.25) is 0 Å². The van der Waals surface area contributed by atoms with E-state index in [1.54, 1.807) is 6.33 Å². The normalized spacial score (nSPS) is 10.1. The van der Waals surface area contributed by atoms with E-state index in [1.165, 1.54) is 0 Å². The molecule has 0 bridgehead atoms. The molecule has 3 nitrogen and oxygen atoms in total. The van der Waals surface area contributed by atoms with Crippen molar-refractivity contribution in [1.82, 2.24) is 9.97 Å². The van der Waals surface area contributed by atoms with Crippen LogP contribution in [0.15, 0.2) is 36.9 Å². The van der Waals surface area contributed by atoms with Crippen LogP contribution in [0.5, 0.6) is 0 Å². The molecular weight excluding hydrogens is 404 g/mol. The number of nitrogens with zero attached hydrogens (tertiary/aromatic N) is 3. The Morgan fingerprint density at radius 1 is 1.29 bits per heavy atom. The zero-order chi connectivity index (χ0) is 9.97. The summed E-state index contributed by atoms with van der Waals surface area (Å²) in [6, 6.07) is 6.05. The summed E-state index contributed by atoms with van der Waals surface area (Å²) in [6.45, 7) is 0. The van der Waals surface area contributed by atoms with Gasteiger partial charge in [-0.1, -0.05) is 0 Å². The molecule has 2 aromatic heterocycles. The Bertz CT molecular complexity index is 416. The minimum atomic E-state index is 0.967. The van der Waals surface area contributed by atoms with Crippen LogP contribution >= 0.6 is 45.5 Å². The van der Waals surface area contributed by atoms with E-state index in [2.05, 4.69) is 55.4 Å². The first-order valence-electron chi connectivity index (χ1n) is 3.92. The van der Waals surface area contributed by atoms with Crippen LogP contribution in [0, 0.1) is 3.70 Å². The van der Waals surface area contributed by atoms with Crippen molar-refractivity contribution in [2.45, 2.75) is 0 Å². The highest BCUT2D eigenvalue weighted by Gasteiger charge is 2.13. The highest BCUT2D eigenvalue weighted by atomic mass is 127. The molecule has 5 heteroatoms. The van der Waals surface area contributed by atoms with Crippen molar-refractivity contribution >= 4 is 45.5 Å². The Morgan fingerprint density at radius 2 is 2.14 bits per heavy atom. The minimum absolute atomic E-state index is 0.967. The quantitative estimate of drug-likeness (QED) is 0.534. The van der Waals surface area contributed by atoms with Gasteiger partial charge in [0.2, 0.25) is 5.69 Å². The zero-order valence-corrected chi connectivity index (χ0v) is 11.4. The number of rotatable bonds is 1. The fourth-order valence-corrected chi connectivity index (χ4v) is 2.26. The van der Waals surface area contributed by atoms with E-state index in [9.17, 15) is 0 Å². The Labute approximate surface area is 109 Å². The number of hydrogen-bond acceptors (Lipinski definition) is 2. The molecule has 0 saturated carbocycles. The molecule has 0 spiro atoms. The number of pyridine rings is 1. The van der Waals surface area contributed by atoms with Crippen LogP contribution in [-0.2, 0) is 0 Å². The van der Waals surface area contributed by atoms with Crippen LogP contribution in [0.3, 0.4) is 0 Å². The highest BCUT2D eigenvalue weighted by molar-refractivity contribution is 14.1. The summed E-state index contributed by atoms with van der Waals surface area (Å²) in [5.74, 6) is 0. The predicted molar refractivity (Wildman–Crippen MR) is 69.8 cm³/mol. The average Bonchev–Trinajstić information content (AvgIpc) is 2.20. The molecule has 0 N–H and O–H groups in total. The molecule has 0 aliphatic heterocycles. The van der Waals surface area contributed by atoms with Crippen molar-refractivity contribution in [2.24, 2.45) is 0 Å². The second-order valence-corrected chi connectivity index (χ2v) is 4.69. The molecule has 14 heavy (non-hydrogen) atoms. The summed E-state index contributed by atoms with van der Waals surface area (Å²) in [6.07, 6.45) is 5.39. The highest BCUT2D eigenvalue weighted by Crippen LogP contribution is 2.19. The van der Waals surface area contributed by atoms with Gasteiger partial charge in [-0.15, -0.1) is 2.78 Å². The first kappa shape index (κ1) is 10.2. The van der Waals surface area contributed by atoms with Gasteiger partial charge in [-0.25, -0.2) is 9.97 Å². The van der Waals surface area contributed by atoms with E-state index in [1.807, 2.05) is 33.4 Å². The van der Waals surface area contributed by atoms with Gasteiger partial charge in [-0.2, -0.15) is 0 Å². The van der Waals surface area contributed by atoms with Gasteiger partial charge < -0.3 is 0 Å². The third-order valence-electron chi connectivity index (χ3n) is 1.75. The lowest BCUT2D eigenvalue weighted by molar-refractivity contribution is -0.427. The third-order valence-corrected chi connectivity index (χ3v) is 3.45. The maximum atomic E-state index is 4.16. The van der Waals surface area contributed by atoms with E-state index in [4.69, 9.17) is 0 Å². The lowest BCUT2D eigenvalue weighted by atomic mass is 10.2. The van der Waals surface area contributed by atoms with Gasteiger partial charge in [0.1, 0.15) is 10.0 Å². The molecule has 0 radical (unpaired) electrons. The van der Waals surface area contributed by atoms with E-state index in [0.29, 0.717) is 0 Å². The Morgan fingerprint density at radius 3 is 2.86 bits per heavy atom. The molecule has 0 aromatic carbocycles. The zero-order valence-electron chi connectivity index (χ0n) is 7.06. The van der Waals surface area contributed by atoms with Crippen LogP contribution in [0.1, 0.15) is 0 Å². The van der Waals surface area contributed by atoms with Crippen molar-refractivity contribution in [3.63, 3.8) is 0 Å². The van der Waals surface area contributed by atoms with E-state index < -0.39 is 0 Å². The SMILES string of the molecule is Ic1ncncc1-c1cccc[n+]1I. The molecule has 0 aliphatic rings. The van der Waals surface area contributed by atoms with Crippen LogP contribution in [0.2, 0.25) is 0 Å². The van der Waals surface area contributed by atoms with Crippen molar-refractivity contribution in [1.29, 1.82) is 0 Å².